The van der Waals surface area contributed by atoms with E-state index in [9.17, 15) is 18.0 Å². The summed E-state index contributed by atoms with van der Waals surface area (Å²) in [7, 11) is -3.02. The van der Waals surface area contributed by atoms with Gasteiger partial charge in [0.05, 0.1) is 18.1 Å². The number of hydrogen-bond acceptors (Lipinski definition) is 4. The molecule has 0 aliphatic carbocycles. The van der Waals surface area contributed by atoms with Gasteiger partial charge >= 0.3 is 0 Å². The molecule has 1 saturated heterocycles. The molecule has 7 heteroatoms. The van der Waals surface area contributed by atoms with Crippen LogP contribution < -0.4 is 10.6 Å². The van der Waals surface area contributed by atoms with Crippen LogP contribution in [0.25, 0.3) is 0 Å². The number of nitrogens with one attached hydrogen (secondary N) is 2. The average Bonchev–Trinajstić information content (AvgIpc) is 2.83. The lowest BCUT2D eigenvalue weighted by atomic mass is 10.1. The van der Waals surface area contributed by atoms with Crippen LogP contribution in [0.1, 0.15) is 24.0 Å². The van der Waals surface area contributed by atoms with Crippen molar-refractivity contribution in [1.82, 2.24) is 10.6 Å². The van der Waals surface area contributed by atoms with Gasteiger partial charge in [0.2, 0.25) is 11.8 Å². The van der Waals surface area contributed by atoms with E-state index in [1.165, 1.54) is 5.56 Å². The highest BCUT2D eigenvalue weighted by atomic mass is 32.2. The largest absolute Gasteiger partial charge is 0.351 e. The molecule has 2 rings (SSSR count). The highest BCUT2D eigenvalue weighted by Crippen LogP contribution is 2.10. The molecule has 0 bridgehead atoms. The van der Waals surface area contributed by atoms with Crippen molar-refractivity contribution in [3.63, 3.8) is 0 Å². The van der Waals surface area contributed by atoms with Crippen molar-refractivity contribution in [3.8, 4) is 0 Å². The summed E-state index contributed by atoms with van der Waals surface area (Å²) in [5, 5.41) is 5.20. The summed E-state index contributed by atoms with van der Waals surface area (Å²) in [6.45, 7) is 1.88. The Kier molecular flexibility index (Phi) is 5.76. The minimum absolute atomic E-state index is 0.0138. The van der Waals surface area contributed by atoms with Gasteiger partial charge in [0.1, 0.15) is 0 Å². The SMILES string of the molecule is Cc1ccc(CCC(=O)NCC(=O)NC2CCS(=O)(=O)C2)cc1. The fraction of sp³-hybridized carbons (Fsp3) is 0.500. The predicted molar refractivity (Wildman–Crippen MR) is 87.7 cm³/mol. The zero-order valence-electron chi connectivity index (χ0n) is 13.2. The molecule has 2 N–H and O–H groups in total. The maximum absolute atomic E-state index is 11.7. The maximum atomic E-state index is 11.7. The van der Waals surface area contributed by atoms with E-state index in [1.807, 2.05) is 31.2 Å². The summed E-state index contributed by atoms with van der Waals surface area (Å²) < 4.78 is 22.6. The third-order valence-corrected chi connectivity index (χ3v) is 5.57. The van der Waals surface area contributed by atoms with Crippen molar-refractivity contribution < 1.29 is 18.0 Å². The molecule has 0 aromatic heterocycles. The molecule has 1 aromatic rings. The molecule has 6 nitrogen and oxygen atoms in total. The first-order chi connectivity index (χ1) is 10.8. The quantitative estimate of drug-likeness (QED) is 0.783. The van der Waals surface area contributed by atoms with Gasteiger partial charge in [0.25, 0.3) is 0 Å². The van der Waals surface area contributed by atoms with E-state index < -0.39 is 9.84 Å². The molecule has 0 radical (unpaired) electrons. The Morgan fingerprint density at radius 2 is 1.87 bits per heavy atom. The van der Waals surface area contributed by atoms with Crippen molar-refractivity contribution in [1.29, 1.82) is 0 Å². The van der Waals surface area contributed by atoms with Crippen LogP contribution in [0.15, 0.2) is 24.3 Å². The first-order valence-corrected chi connectivity index (χ1v) is 9.48. The lowest BCUT2D eigenvalue weighted by Crippen LogP contribution is -2.42. The van der Waals surface area contributed by atoms with Crippen molar-refractivity contribution >= 4 is 21.7 Å². The third-order valence-electron chi connectivity index (χ3n) is 3.81. The van der Waals surface area contributed by atoms with Crippen molar-refractivity contribution in [2.45, 2.75) is 32.2 Å². The van der Waals surface area contributed by atoms with Gasteiger partial charge in [-0.25, -0.2) is 8.42 Å². The first-order valence-electron chi connectivity index (χ1n) is 7.66. The molecule has 23 heavy (non-hydrogen) atoms. The molecule has 0 saturated carbocycles. The monoisotopic (exact) mass is 338 g/mol. The minimum Gasteiger partial charge on any atom is -0.351 e. The molecule has 126 valence electrons. The minimum atomic E-state index is -3.02. The van der Waals surface area contributed by atoms with E-state index in [4.69, 9.17) is 0 Å². The summed E-state index contributed by atoms with van der Waals surface area (Å²) in [5.41, 5.74) is 2.25. The summed E-state index contributed by atoms with van der Waals surface area (Å²) in [4.78, 5) is 23.4. The lowest BCUT2D eigenvalue weighted by Gasteiger charge is -2.11. The molecule has 1 aliphatic heterocycles. The second-order valence-corrected chi connectivity index (χ2v) is 8.16. The van der Waals surface area contributed by atoms with E-state index in [-0.39, 0.29) is 35.9 Å². The molecule has 2 amide bonds. The summed E-state index contributed by atoms with van der Waals surface area (Å²) >= 11 is 0. The van der Waals surface area contributed by atoms with E-state index in [2.05, 4.69) is 10.6 Å². The summed E-state index contributed by atoms with van der Waals surface area (Å²) in [5.74, 6) is -0.448. The van der Waals surface area contributed by atoms with Crippen LogP contribution in [0.2, 0.25) is 0 Å². The number of rotatable bonds is 6. The van der Waals surface area contributed by atoms with Gasteiger partial charge in [-0.15, -0.1) is 0 Å². The van der Waals surface area contributed by atoms with E-state index >= 15 is 0 Å². The maximum Gasteiger partial charge on any atom is 0.239 e. The second-order valence-electron chi connectivity index (χ2n) is 5.93. The number of hydrogen-bond donors (Lipinski definition) is 2. The van der Waals surface area contributed by atoms with Crippen molar-refractivity contribution in [2.24, 2.45) is 0 Å². The van der Waals surface area contributed by atoms with Gasteiger partial charge in [0, 0.05) is 12.5 Å². The van der Waals surface area contributed by atoms with Gasteiger partial charge in [0.15, 0.2) is 9.84 Å². The number of amides is 2. The highest BCUT2D eigenvalue weighted by molar-refractivity contribution is 7.91. The molecule has 1 heterocycles. The number of aryl methyl sites for hydroxylation is 2. The smallest absolute Gasteiger partial charge is 0.239 e. The van der Waals surface area contributed by atoms with E-state index in [1.54, 1.807) is 0 Å². The third kappa shape index (κ3) is 6.02. The van der Waals surface area contributed by atoms with Crippen LogP contribution in [0.5, 0.6) is 0 Å². The molecule has 1 fully saturated rings. The zero-order chi connectivity index (χ0) is 16.9. The fourth-order valence-corrected chi connectivity index (χ4v) is 4.14. The van der Waals surface area contributed by atoms with Gasteiger partial charge in [-0.3, -0.25) is 9.59 Å². The van der Waals surface area contributed by atoms with Crippen LogP contribution in [0.4, 0.5) is 0 Å². The van der Waals surface area contributed by atoms with E-state index in [0.717, 1.165) is 5.56 Å². The zero-order valence-corrected chi connectivity index (χ0v) is 14.0. The van der Waals surface area contributed by atoms with E-state index in [0.29, 0.717) is 19.3 Å². The first kappa shape index (κ1) is 17.5. The van der Waals surface area contributed by atoms with Crippen molar-refractivity contribution in [2.75, 3.05) is 18.1 Å². The lowest BCUT2D eigenvalue weighted by molar-refractivity contribution is -0.126. The molecule has 0 spiro atoms. The highest BCUT2D eigenvalue weighted by Gasteiger charge is 2.28. The molecule has 1 aliphatic rings. The number of sulfone groups is 1. The topological polar surface area (TPSA) is 92.3 Å². The van der Waals surface area contributed by atoms with Crippen LogP contribution >= 0.6 is 0 Å². The second kappa shape index (κ2) is 7.59. The van der Waals surface area contributed by atoms with Crippen LogP contribution in [0.3, 0.4) is 0 Å². The predicted octanol–water partition coefficient (Wildman–Crippen LogP) is 0.347. The van der Waals surface area contributed by atoms with Gasteiger partial charge < -0.3 is 10.6 Å². The number of benzene rings is 1. The Bertz CT molecular complexity index is 668. The van der Waals surface area contributed by atoms with Crippen LogP contribution in [-0.2, 0) is 25.8 Å². The molecule has 1 atom stereocenters. The van der Waals surface area contributed by atoms with Gasteiger partial charge in [-0.1, -0.05) is 29.8 Å². The van der Waals surface area contributed by atoms with Crippen LogP contribution in [-0.4, -0.2) is 44.3 Å². The summed E-state index contributed by atoms with van der Waals surface area (Å²) in [6, 6.07) is 7.62. The normalized spacial score (nSPS) is 19.3. The van der Waals surface area contributed by atoms with Gasteiger partial charge in [-0.05, 0) is 25.3 Å². The molecule has 1 aromatic carbocycles. The summed E-state index contributed by atoms with van der Waals surface area (Å²) in [6.07, 6.45) is 1.37. The Hall–Kier alpha value is -1.89. The average molecular weight is 338 g/mol. The standard InChI is InChI=1S/C16H22N2O4S/c1-12-2-4-13(5-3-12)6-7-15(19)17-10-16(20)18-14-8-9-23(21,22)11-14/h2-5,14H,6-11H2,1H3,(H,17,19)(H,18,20). The van der Waals surface area contributed by atoms with Crippen LogP contribution in [0, 0.1) is 6.92 Å². The van der Waals surface area contributed by atoms with Gasteiger partial charge in [-0.2, -0.15) is 0 Å². The molecular weight excluding hydrogens is 316 g/mol. The Balaban J connectivity index is 1.66. The molecule has 1 unspecified atom stereocenters. The Labute approximate surface area is 136 Å². The fourth-order valence-electron chi connectivity index (χ4n) is 2.47. The van der Waals surface area contributed by atoms with Crippen molar-refractivity contribution in [3.05, 3.63) is 35.4 Å². The Morgan fingerprint density at radius 3 is 2.48 bits per heavy atom. The Morgan fingerprint density at radius 1 is 1.17 bits per heavy atom. The molecular formula is C16H22N2O4S. The number of carbonyl (C=O) groups is 2. The number of carbonyl (C=O) groups excluding carboxylic acids is 2.